The minimum absolute atomic E-state index is 0.0612. The second-order valence-electron chi connectivity index (χ2n) is 5.16. The van der Waals surface area contributed by atoms with Crippen molar-refractivity contribution in [3.63, 3.8) is 0 Å². The topological polar surface area (TPSA) is 71.1 Å². The van der Waals surface area contributed by atoms with E-state index in [9.17, 15) is 8.42 Å². The maximum Gasteiger partial charge on any atom is 0.232 e. The third-order valence-electron chi connectivity index (χ3n) is 3.32. The average Bonchev–Trinajstić information content (AvgIpc) is 2.47. The smallest absolute Gasteiger partial charge is 0.232 e. The van der Waals surface area contributed by atoms with Crippen LogP contribution in [0.3, 0.4) is 0 Å². The van der Waals surface area contributed by atoms with Crippen molar-refractivity contribution in [1.82, 2.24) is 4.98 Å². The summed E-state index contributed by atoms with van der Waals surface area (Å²) in [6.45, 7) is 5.59. The van der Waals surface area contributed by atoms with Gasteiger partial charge >= 0.3 is 0 Å². The molecule has 6 heteroatoms. The average molecular weight is 319 g/mol. The highest BCUT2D eigenvalue weighted by atomic mass is 32.2. The van der Waals surface area contributed by atoms with Gasteiger partial charge in [0.1, 0.15) is 5.82 Å². The van der Waals surface area contributed by atoms with Crippen LogP contribution < -0.4 is 10.0 Å². The van der Waals surface area contributed by atoms with E-state index in [-0.39, 0.29) is 11.8 Å². The Balaban J connectivity index is 2.06. The van der Waals surface area contributed by atoms with Gasteiger partial charge in [-0.05, 0) is 50.6 Å². The molecule has 1 heterocycles. The molecule has 0 saturated carbocycles. The molecule has 1 unspecified atom stereocenters. The van der Waals surface area contributed by atoms with Crippen molar-refractivity contribution in [3.8, 4) is 0 Å². The second-order valence-corrected chi connectivity index (χ2v) is 7.17. The third kappa shape index (κ3) is 4.46. The molecule has 0 saturated heterocycles. The van der Waals surface area contributed by atoms with Crippen LogP contribution in [0.1, 0.15) is 31.1 Å². The minimum atomic E-state index is -3.23. The third-order valence-corrected chi connectivity index (χ3v) is 4.62. The van der Waals surface area contributed by atoms with Crippen molar-refractivity contribution in [2.45, 2.75) is 26.8 Å². The van der Waals surface area contributed by atoms with Crippen LogP contribution in [-0.2, 0) is 10.0 Å². The van der Waals surface area contributed by atoms with Crippen molar-refractivity contribution >= 4 is 21.5 Å². The van der Waals surface area contributed by atoms with Crippen LogP contribution in [0.4, 0.5) is 11.5 Å². The molecule has 22 heavy (non-hydrogen) atoms. The lowest BCUT2D eigenvalue weighted by atomic mass is 10.1. The van der Waals surface area contributed by atoms with E-state index >= 15 is 0 Å². The van der Waals surface area contributed by atoms with Gasteiger partial charge in [-0.3, -0.25) is 4.72 Å². The highest BCUT2D eigenvalue weighted by molar-refractivity contribution is 7.92. The van der Waals surface area contributed by atoms with Crippen LogP contribution in [0.2, 0.25) is 0 Å². The molecule has 1 atom stereocenters. The van der Waals surface area contributed by atoms with Crippen molar-refractivity contribution in [3.05, 3.63) is 53.7 Å². The summed E-state index contributed by atoms with van der Waals surface area (Å²) in [5.74, 6) is 0.884. The maximum absolute atomic E-state index is 11.5. The molecule has 2 rings (SSSR count). The van der Waals surface area contributed by atoms with Crippen LogP contribution >= 0.6 is 0 Å². The van der Waals surface area contributed by atoms with Gasteiger partial charge in [-0.25, -0.2) is 13.4 Å². The molecule has 1 aromatic heterocycles. The Labute approximate surface area is 131 Å². The predicted molar refractivity (Wildman–Crippen MR) is 90.5 cm³/mol. The highest BCUT2D eigenvalue weighted by Gasteiger charge is 2.09. The number of benzene rings is 1. The van der Waals surface area contributed by atoms with Crippen molar-refractivity contribution in [2.24, 2.45) is 0 Å². The quantitative estimate of drug-likeness (QED) is 0.857. The van der Waals surface area contributed by atoms with Crippen LogP contribution in [0.15, 0.2) is 42.5 Å². The number of anilines is 2. The molecule has 0 fully saturated rings. The fourth-order valence-electron chi connectivity index (χ4n) is 2.02. The molecule has 1 aromatic carbocycles. The Hall–Kier alpha value is -2.08. The van der Waals surface area contributed by atoms with E-state index in [0.29, 0.717) is 5.69 Å². The minimum Gasteiger partial charge on any atom is -0.364 e. The number of nitrogens with one attached hydrogen (secondary N) is 2. The summed E-state index contributed by atoms with van der Waals surface area (Å²) >= 11 is 0. The van der Waals surface area contributed by atoms with Gasteiger partial charge in [0.2, 0.25) is 10.0 Å². The standard InChI is InChI=1S/C16H21N3O2S/c1-4-22(20,21)19-15-10-8-14(9-11-15)13(3)18-16-7-5-6-12(2)17-16/h5-11,13,19H,4H2,1-3H3,(H,17,18). The molecule has 0 spiro atoms. The first kappa shape index (κ1) is 16.3. The zero-order valence-corrected chi connectivity index (χ0v) is 13.8. The van der Waals surface area contributed by atoms with Gasteiger partial charge in [-0.1, -0.05) is 18.2 Å². The number of rotatable bonds is 6. The highest BCUT2D eigenvalue weighted by Crippen LogP contribution is 2.20. The molecule has 2 N–H and O–H groups in total. The van der Waals surface area contributed by atoms with Crippen molar-refractivity contribution in [1.29, 1.82) is 0 Å². The van der Waals surface area contributed by atoms with Gasteiger partial charge < -0.3 is 5.32 Å². The number of aromatic nitrogens is 1. The zero-order chi connectivity index (χ0) is 16.2. The summed E-state index contributed by atoms with van der Waals surface area (Å²) in [4.78, 5) is 4.41. The van der Waals surface area contributed by atoms with E-state index in [2.05, 4.69) is 15.0 Å². The SMILES string of the molecule is CCS(=O)(=O)Nc1ccc(C(C)Nc2cccc(C)n2)cc1. The summed E-state index contributed by atoms with van der Waals surface area (Å²) in [5.41, 5.74) is 2.59. The molecule has 0 aliphatic rings. The monoisotopic (exact) mass is 319 g/mol. The van der Waals surface area contributed by atoms with Gasteiger partial charge in [0.15, 0.2) is 0 Å². The fraction of sp³-hybridized carbons (Fsp3) is 0.312. The van der Waals surface area contributed by atoms with Crippen LogP contribution in [0, 0.1) is 6.92 Å². The number of hydrogen-bond acceptors (Lipinski definition) is 4. The first-order valence-electron chi connectivity index (χ1n) is 7.20. The predicted octanol–water partition coefficient (Wildman–Crippen LogP) is 3.32. The zero-order valence-electron chi connectivity index (χ0n) is 13.0. The molecular weight excluding hydrogens is 298 g/mol. The van der Waals surface area contributed by atoms with E-state index in [1.165, 1.54) is 0 Å². The van der Waals surface area contributed by atoms with Gasteiger partial charge in [-0.2, -0.15) is 0 Å². The molecule has 0 aliphatic carbocycles. The Morgan fingerprint density at radius 3 is 2.41 bits per heavy atom. The molecule has 2 aromatic rings. The number of sulfonamides is 1. The molecule has 118 valence electrons. The van der Waals surface area contributed by atoms with E-state index in [0.717, 1.165) is 17.1 Å². The first-order chi connectivity index (χ1) is 10.4. The summed E-state index contributed by atoms with van der Waals surface area (Å²) < 4.78 is 25.6. The normalized spacial score (nSPS) is 12.7. The molecular formula is C16H21N3O2S. The lowest BCUT2D eigenvalue weighted by Crippen LogP contribution is -2.14. The van der Waals surface area contributed by atoms with Gasteiger partial charge in [0.25, 0.3) is 0 Å². The number of pyridine rings is 1. The van der Waals surface area contributed by atoms with Crippen molar-refractivity contribution in [2.75, 3.05) is 15.8 Å². The van der Waals surface area contributed by atoms with E-state index < -0.39 is 10.0 Å². The Kier molecular flexibility index (Phi) is 5.03. The van der Waals surface area contributed by atoms with E-state index in [1.54, 1.807) is 19.1 Å². The van der Waals surface area contributed by atoms with E-state index in [1.807, 2.05) is 44.2 Å². The number of hydrogen-bond donors (Lipinski definition) is 2. The van der Waals surface area contributed by atoms with Crippen LogP contribution in [0.5, 0.6) is 0 Å². The van der Waals surface area contributed by atoms with Gasteiger partial charge in [-0.15, -0.1) is 0 Å². The molecule has 5 nitrogen and oxygen atoms in total. The number of nitrogens with zero attached hydrogens (tertiary/aromatic N) is 1. The van der Waals surface area contributed by atoms with Crippen LogP contribution in [-0.4, -0.2) is 19.2 Å². The number of aryl methyl sites for hydroxylation is 1. The Bertz CT molecular complexity index is 727. The largest absolute Gasteiger partial charge is 0.364 e. The van der Waals surface area contributed by atoms with E-state index in [4.69, 9.17) is 0 Å². The summed E-state index contributed by atoms with van der Waals surface area (Å²) in [5, 5.41) is 3.33. The summed E-state index contributed by atoms with van der Waals surface area (Å²) in [7, 11) is -3.23. The Morgan fingerprint density at radius 1 is 1.14 bits per heavy atom. The van der Waals surface area contributed by atoms with Gasteiger partial charge in [0, 0.05) is 17.4 Å². The van der Waals surface area contributed by atoms with Crippen LogP contribution in [0.25, 0.3) is 0 Å². The summed E-state index contributed by atoms with van der Waals surface area (Å²) in [6, 6.07) is 13.3. The Morgan fingerprint density at radius 2 is 1.82 bits per heavy atom. The molecule has 0 amide bonds. The molecule has 0 radical (unpaired) electrons. The summed E-state index contributed by atoms with van der Waals surface area (Å²) in [6.07, 6.45) is 0. The lowest BCUT2D eigenvalue weighted by Gasteiger charge is -2.16. The van der Waals surface area contributed by atoms with Crippen molar-refractivity contribution < 1.29 is 8.42 Å². The second kappa shape index (κ2) is 6.79. The molecule has 0 aliphatic heterocycles. The first-order valence-corrected chi connectivity index (χ1v) is 8.85. The lowest BCUT2D eigenvalue weighted by molar-refractivity contribution is 0.602. The fourth-order valence-corrected chi connectivity index (χ4v) is 2.66. The van der Waals surface area contributed by atoms with Gasteiger partial charge in [0.05, 0.1) is 5.75 Å². The maximum atomic E-state index is 11.5. The molecule has 0 bridgehead atoms.